The van der Waals surface area contributed by atoms with E-state index in [2.05, 4.69) is 28.6 Å². The summed E-state index contributed by atoms with van der Waals surface area (Å²) in [5.41, 5.74) is 0.356. The monoisotopic (exact) mass is 273 g/mol. The van der Waals surface area contributed by atoms with Crippen LogP contribution in [0.15, 0.2) is 27.6 Å². The average molecular weight is 274 g/mol. The Kier molecular flexibility index (Phi) is 2.75. The molecule has 0 bridgehead atoms. The molecular formula is C10H12BrNOS. The van der Waals surface area contributed by atoms with Crippen LogP contribution in [0.4, 0.5) is 0 Å². The predicted molar refractivity (Wildman–Crippen MR) is 63.9 cm³/mol. The van der Waals surface area contributed by atoms with Crippen molar-refractivity contribution in [2.24, 2.45) is 5.41 Å². The molecule has 0 amide bonds. The minimum Gasteiger partial charge on any atom is -0.314 e. The van der Waals surface area contributed by atoms with Crippen LogP contribution in [0.1, 0.15) is 12.8 Å². The van der Waals surface area contributed by atoms with Gasteiger partial charge in [-0.2, -0.15) is 12.6 Å². The quantitative estimate of drug-likeness (QED) is 0.839. The van der Waals surface area contributed by atoms with E-state index in [1.807, 2.05) is 6.20 Å². The molecule has 1 aromatic rings. The first-order valence-electron chi connectivity index (χ1n) is 4.62. The van der Waals surface area contributed by atoms with Crippen molar-refractivity contribution in [3.63, 3.8) is 0 Å². The van der Waals surface area contributed by atoms with Crippen molar-refractivity contribution in [3.8, 4) is 0 Å². The van der Waals surface area contributed by atoms with Gasteiger partial charge >= 0.3 is 0 Å². The molecule has 0 aromatic carbocycles. The van der Waals surface area contributed by atoms with Gasteiger partial charge in [0, 0.05) is 23.3 Å². The van der Waals surface area contributed by atoms with Crippen molar-refractivity contribution < 1.29 is 0 Å². The second-order valence-corrected chi connectivity index (χ2v) is 5.20. The Morgan fingerprint density at radius 1 is 1.50 bits per heavy atom. The van der Waals surface area contributed by atoms with Gasteiger partial charge in [0.05, 0.1) is 0 Å². The van der Waals surface area contributed by atoms with Crippen LogP contribution in [0.5, 0.6) is 0 Å². The fraction of sp³-hybridized carbons (Fsp3) is 0.500. The molecule has 1 saturated carbocycles. The molecule has 0 saturated heterocycles. The first-order chi connectivity index (χ1) is 6.65. The molecule has 1 fully saturated rings. The van der Waals surface area contributed by atoms with E-state index in [4.69, 9.17) is 0 Å². The lowest BCUT2D eigenvalue weighted by atomic mass is 10.1. The van der Waals surface area contributed by atoms with Gasteiger partial charge in [-0.25, -0.2) is 0 Å². The number of rotatable bonds is 3. The van der Waals surface area contributed by atoms with Crippen LogP contribution in [-0.2, 0) is 6.54 Å². The van der Waals surface area contributed by atoms with E-state index in [0.717, 1.165) is 16.8 Å². The molecule has 0 aliphatic heterocycles. The third-order valence-electron chi connectivity index (χ3n) is 2.75. The number of nitrogens with zero attached hydrogens (tertiary/aromatic N) is 1. The van der Waals surface area contributed by atoms with Gasteiger partial charge in [0.1, 0.15) is 0 Å². The van der Waals surface area contributed by atoms with Gasteiger partial charge < -0.3 is 4.57 Å². The van der Waals surface area contributed by atoms with E-state index in [1.54, 1.807) is 16.7 Å². The number of pyridine rings is 1. The molecule has 1 aromatic heterocycles. The molecule has 2 rings (SSSR count). The third kappa shape index (κ3) is 2.06. The Morgan fingerprint density at radius 2 is 2.21 bits per heavy atom. The van der Waals surface area contributed by atoms with Crippen molar-refractivity contribution in [2.45, 2.75) is 19.4 Å². The number of thiol groups is 1. The number of aromatic nitrogens is 1. The molecule has 0 atom stereocenters. The zero-order valence-corrected chi connectivity index (χ0v) is 10.2. The van der Waals surface area contributed by atoms with Crippen LogP contribution in [0.25, 0.3) is 0 Å². The smallest absolute Gasteiger partial charge is 0.250 e. The fourth-order valence-electron chi connectivity index (χ4n) is 1.53. The van der Waals surface area contributed by atoms with Crippen molar-refractivity contribution in [1.29, 1.82) is 0 Å². The average Bonchev–Trinajstić information content (AvgIpc) is 2.92. The van der Waals surface area contributed by atoms with Crippen molar-refractivity contribution in [2.75, 3.05) is 5.75 Å². The molecule has 2 nitrogen and oxygen atoms in total. The molecule has 14 heavy (non-hydrogen) atoms. The first kappa shape index (κ1) is 10.3. The summed E-state index contributed by atoms with van der Waals surface area (Å²) in [4.78, 5) is 11.5. The highest BCUT2D eigenvalue weighted by molar-refractivity contribution is 9.10. The number of hydrogen-bond donors (Lipinski definition) is 1. The first-order valence-corrected chi connectivity index (χ1v) is 6.05. The summed E-state index contributed by atoms with van der Waals surface area (Å²) in [6.45, 7) is 0.800. The van der Waals surface area contributed by atoms with E-state index >= 15 is 0 Å². The molecule has 76 valence electrons. The summed E-state index contributed by atoms with van der Waals surface area (Å²) < 4.78 is 2.72. The van der Waals surface area contributed by atoms with Crippen LogP contribution >= 0.6 is 28.6 Å². The highest BCUT2D eigenvalue weighted by atomic mass is 79.9. The second kappa shape index (κ2) is 3.74. The molecular weight excluding hydrogens is 262 g/mol. The summed E-state index contributed by atoms with van der Waals surface area (Å²) in [5, 5.41) is 0. The van der Waals surface area contributed by atoms with Crippen molar-refractivity contribution in [1.82, 2.24) is 4.57 Å². The Hall–Kier alpha value is -0.220. The number of halogens is 1. The molecule has 0 N–H and O–H groups in total. The minimum absolute atomic E-state index is 0.0706. The summed E-state index contributed by atoms with van der Waals surface area (Å²) in [6.07, 6.45) is 4.23. The third-order valence-corrected chi connectivity index (χ3v) is 3.89. The maximum absolute atomic E-state index is 11.5. The molecule has 4 heteroatoms. The molecule has 0 unspecified atom stereocenters. The van der Waals surface area contributed by atoms with Gasteiger partial charge in [-0.15, -0.1) is 0 Å². The molecule has 1 aliphatic rings. The minimum atomic E-state index is 0.0706. The van der Waals surface area contributed by atoms with Gasteiger partial charge in [-0.3, -0.25) is 4.79 Å². The predicted octanol–water partition coefficient (Wildman–Crippen LogP) is 2.32. The van der Waals surface area contributed by atoms with Crippen molar-refractivity contribution >= 4 is 28.6 Å². The zero-order valence-electron chi connectivity index (χ0n) is 7.74. The maximum Gasteiger partial charge on any atom is 0.250 e. The second-order valence-electron chi connectivity index (χ2n) is 3.97. The Labute approximate surface area is 96.9 Å². The van der Waals surface area contributed by atoms with Gasteiger partial charge in [0.2, 0.25) is 0 Å². The highest BCUT2D eigenvalue weighted by Crippen LogP contribution is 2.47. The molecule has 0 radical (unpaired) electrons. The SMILES string of the molecule is O=c1ccc(Br)cn1CC1(CS)CC1. The van der Waals surface area contributed by atoms with E-state index < -0.39 is 0 Å². The molecule has 0 spiro atoms. The van der Waals surface area contributed by atoms with E-state index in [1.165, 1.54) is 12.8 Å². The lowest BCUT2D eigenvalue weighted by molar-refractivity contribution is 0.463. The maximum atomic E-state index is 11.5. The summed E-state index contributed by atoms with van der Waals surface area (Å²) >= 11 is 7.69. The topological polar surface area (TPSA) is 22.0 Å². The van der Waals surface area contributed by atoms with Gasteiger partial charge in [0.25, 0.3) is 5.56 Å². The summed E-state index contributed by atoms with van der Waals surface area (Å²) in [6, 6.07) is 3.37. The van der Waals surface area contributed by atoms with Gasteiger partial charge in [-0.05, 0) is 46.0 Å². The van der Waals surface area contributed by atoms with Gasteiger partial charge in [0.15, 0.2) is 0 Å². The summed E-state index contributed by atoms with van der Waals surface area (Å²) in [5.74, 6) is 0.867. The lowest BCUT2D eigenvalue weighted by Gasteiger charge is -2.13. The standard InChI is InChI=1S/C10H12BrNOS/c11-8-1-2-9(13)12(5-8)6-10(7-14)3-4-10/h1-2,5,14H,3-4,6-7H2. The molecule has 1 heterocycles. The van der Waals surface area contributed by atoms with Gasteiger partial charge in [-0.1, -0.05) is 0 Å². The normalized spacial score (nSPS) is 18.1. The van der Waals surface area contributed by atoms with Crippen LogP contribution < -0.4 is 5.56 Å². The Morgan fingerprint density at radius 3 is 2.79 bits per heavy atom. The largest absolute Gasteiger partial charge is 0.314 e. The number of hydrogen-bond acceptors (Lipinski definition) is 2. The Balaban J connectivity index is 2.24. The molecule has 1 aliphatic carbocycles. The van der Waals surface area contributed by atoms with E-state index in [-0.39, 0.29) is 11.0 Å². The lowest BCUT2D eigenvalue weighted by Crippen LogP contribution is -2.24. The van der Waals surface area contributed by atoms with E-state index in [0.29, 0.717) is 0 Å². The Bertz CT molecular complexity index is 397. The van der Waals surface area contributed by atoms with Crippen LogP contribution in [-0.4, -0.2) is 10.3 Å². The zero-order chi connectivity index (χ0) is 10.2. The fourth-order valence-corrected chi connectivity index (χ4v) is 2.33. The van der Waals surface area contributed by atoms with E-state index in [9.17, 15) is 4.79 Å². The van der Waals surface area contributed by atoms with Crippen LogP contribution in [0, 0.1) is 5.41 Å². The highest BCUT2D eigenvalue weighted by Gasteiger charge is 2.41. The van der Waals surface area contributed by atoms with Crippen LogP contribution in [0.2, 0.25) is 0 Å². The summed E-state index contributed by atoms with van der Waals surface area (Å²) in [7, 11) is 0. The van der Waals surface area contributed by atoms with Crippen LogP contribution in [0.3, 0.4) is 0 Å². The van der Waals surface area contributed by atoms with Crippen molar-refractivity contribution in [3.05, 3.63) is 33.2 Å².